The maximum Gasteiger partial charge on any atom is 1.00 e. The van der Waals surface area contributed by atoms with Gasteiger partial charge in [0.25, 0.3) is 0 Å². The first kappa shape index (κ1) is 19.4. The Hall–Kier alpha value is 1.11. The Balaban J connectivity index is 0. The van der Waals surface area contributed by atoms with Gasteiger partial charge in [-0.2, -0.15) is 0 Å². The minimum absolute atomic E-state index is 0. The number of esters is 1. The van der Waals surface area contributed by atoms with Crippen LogP contribution in [0.3, 0.4) is 0 Å². The van der Waals surface area contributed by atoms with Crippen molar-refractivity contribution in [1.29, 1.82) is 0 Å². The molecule has 3 unspecified atom stereocenters. The minimum atomic E-state index is -2.23. The van der Waals surface area contributed by atoms with Crippen LogP contribution in [0.15, 0.2) is 0 Å². The number of carbonyl (C=O) groups is 1. The maximum atomic E-state index is 11.8. The summed E-state index contributed by atoms with van der Waals surface area (Å²) in [4.78, 5) is 10.6. The monoisotopic (exact) mass is 765 g/mol. The molecule has 3 atom stereocenters. The predicted octanol–water partition coefficient (Wildman–Crippen LogP) is 2.14. The van der Waals surface area contributed by atoms with E-state index in [1.165, 1.54) is 6.42 Å². The molecule has 0 spiro atoms. The van der Waals surface area contributed by atoms with Crippen molar-refractivity contribution in [2.45, 2.75) is 31.8 Å². The Morgan fingerprint density at radius 3 is 2.19 bits per heavy atom. The van der Waals surface area contributed by atoms with Gasteiger partial charge >= 0.3 is 19.8 Å². The molecule has 0 heterocycles. The first-order chi connectivity index (χ1) is 6.16. The Bertz CT molecular complexity index is 229. The SMILES string of the molecule is O=C(OC1CC2CCC1C2)[C-](F)F.[Os+].[Os].[Os]. The zero-order chi connectivity index (χ0) is 9.42. The molecule has 0 aromatic carbocycles. The largest absolute Gasteiger partial charge is 1.00 e. The maximum absolute atomic E-state index is 11.8. The van der Waals surface area contributed by atoms with Gasteiger partial charge in [-0.15, -0.1) is 0 Å². The second-order valence-electron chi connectivity index (χ2n) is 3.88. The van der Waals surface area contributed by atoms with Crippen LogP contribution in [0.4, 0.5) is 8.78 Å². The van der Waals surface area contributed by atoms with Gasteiger partial charge in [0.15, 0.2) is 0 Å². The third-order valence-corrected chi connectivity index (χ3v) is 3.09. The van der Waals surface area contributed by atoms with E-state index >= 15 is 0 Å². The van der Waals surface area contributed by atoms with E-state index in [1.807, 2.05) is 0 Å². The molecule has 2 aliphatic rings. The summed E-state index contributed by atoms with van der Waals surface area (Å²) in [5.74, 6) is -0.490. The summed E-state index contributed by atoms with van der Waals surface area (Å²) in [6, 6.07) is 0. The number of hydrogen-bond donors (Lipinski definition) is 0. The molecule has 0 aromatic rings. The van der Waals surface area contributed by atoms with Crippen LogP contribution in [0.2, 0.25) is 0 Å². The zero-order valence-electron chi connectivity index (χ0n) is 8.19. The van der Waals surface area contributed by atoms with E-state index in [0.717, 1.165) is 19.3 Å². The summed E-state index contributed by atoms with van der Waals surface area (Å²) in [7, 11) is 0. The Morgan fingerprint density at radius 2 is 1.81 bits per heavy atom. The normalized spacial score (nSPS) is 29.5. The number of carbonyl (C=O) groups excluding carboxylic acids is 1. The van der Waals surface area contributed by atoms with Crippen LogP contribution >= 0.6 is 0 Å². The van der Waals surface area contributed by atoms with Crippen LogP contribution in [-0.4, -0.2) is 12.1 Å². The van der Waals surface area contributed by atoms with Crippen LogP contribution in [-0.2, 0) is 68.9 Å². The molecule has 16 heavy (non-hydrogen) atoms. The molecule has 97 valence electrons. The second kappa shape index (κ2) is 8.25. The van der Waals surface area contributed by atoms with Crippen LogP contribution < -0.4 is 0 Å². The summed E-state index contributed by atoms with van der Waals surface area (Å²) in [5.41, 5.74) is 0. The van der Waals surface area contributed by atoms with Crippen LogP contribution in [0.25, 0.3) is 0 Å². The van der Waals surface area contributed by atoms with Gasteiger partial charge < -0.3 is 13.5 Å². The van der Waals surface area contributed by atoms with Crippen LogP contribution in [0.1, 0.15) is 25.7 Å². The van der Waals surface area contributed by atoms with E-state index in [9.17, 15) is 13.6 Å². The van der Waals surface area contributed by atoms with E-state index in [4.69, 9.17) is 0 Å². The van der Waals surface area contributed by atoms with Gasteiger partial charge in [0, 0.05) is 46.0 Å². The van der Waals surface area contributed by atoms with Gasteiger partial charge in [-0.05, 0) is 37.5 Å². The molecule has 2 aliphatic carbocycles. The average Bonchev–Trinajstić information content (AvgIpc) is 2.64. The summed E-state index contributed by atoms with van der Waals surface area (Å²) >= 11 is 0. The number of rotatable bonds is 2. The van der Waals surface area contributed by atoms with Crippen molar-refractivity contribution in [3.05, 3.63) is 6.43 Å². The molecular formula is C9H11F2O2Os3. The third kappa shape index (κ3) is 4.41. The van der Waals surface area contributed by atoms with Crippen molar-refractivity contribution in [3.8, 4) is 0 Å². The second-order valence-corrected chi connectivity index (χ2v) is 3.88. The molecule has 2 rings (SSSR count). The van der Waals surface area contributed by atoms with Crippen molar-refractivity contribution in [2.75, 3.05) is 0 Å². The van der Waals surface area contributed by atoms with Crippen molar-refractivity contribution >= 4 is 5.97 Å². The molecule has 0 aliphatic heterocycles. The Morgan fingerprint density at radius 1 is 1.19 bits per heavy atom. The summed E-state index contributed by atoms with van der Waals surface area (Å²) in [6.07, 6.45) is 1.54. The summed E-state index contributed by atoms with van der Waals surface area (Å²) in [5, 5.41) is 0. The minimum Gasteiger partial charge on any atom is -0.480 e. The molecule has 7 heteroatoms. The molecule has 2 bridgehead atoms. The van der Waals surface area contributed by atoms with Gasteiger partial charge in [-0.3, -0.25) is 4.79 Å². The number of ether oxygens (including phenoxy) is 1. The Labute approximate surface area is 133 Å². The molecular weight excluding hydrogens is 749 g/mol. The van der Waals surface area contributed by atoms with E-state index in [1.54, 1.807) is 0 Å². The fourth-order valence-corrected chi connectivity index (χ4v) is 2.51. The average molecular weight is 760 g/mol. The van der Waals surface area contributed by atoms with Gasteiger partial charge in [-0.25, -0.2) is 0 Å². The fourth-order valence-electron chi connectivity index (χ4n) is 2.51. The van der Waals surface area contributed by atoms with Gasteiger partial charge in [0.2, 0.25) is 5.97 Å². The molecule has 1 radical (unpaired) electrons. The van der Waals surface area contributed by atoms with Crippen LogP contribution in [0.5, 0.6) is 0 Å². The van der Waals surface area contributed by atoms with Gasteiger partial charge in [0.05, 0.1) is 0 Å². The molecule has 2 fully saturated rings. The van der Waals surface area contributed by atoms with E-state index < -0.39 is 12.4 Å². The standard InChI is InChI=1S/C9H11F2O2.3Os/c10-8(11)9(12)13-7-4-5-1-2-6(7)3-5;;;/h5-7H,1-4H2;;;/q-1;;;+1. The third-order valence-electron chi connectivity index (χ3n) is 3.09. The Kier molecular flexibility index (Phi) is 10.0. The van der Waals surface area contributed by atoms with Crippen molar-refractivity contribution in [2.24, 2.45) is 11.8 Å². The number of hydrogen-bond acceptors (Lipinski definition) is 2. The van der Waals surface area contributed by atoms with E-state index in [2.05, 4.69) is 4.74 Å². The molecule has 0 aromatic heterocycles. The number of fused-ring (bicyclic) bond motifs is 2. The van der Waals surface area contributed by atoms with Gasteiger partial charge in [0.1, 0.15) is 6.10 Å². The summed E-state index contributed by atoms with van der Waals surface area (Å²) < 4.78 is 28.2. The first-order valence-electron chi connectivity index (χ1n) is 4.55. The number of halogens is 2. The molecule has 0 saturated heterocycles. The smallest absolute Gasteiger partial charge is 0.480 e. The molecule has 0 amide bonds. The van der Waals surface area contributed by atoms with Crippen molar-refractivity contribution in [1.82, 2.24) is 0 Å². The van der Waals surface area contributed by atoms with Gasteiger partial charge in [-0.1, -0.05) is 0 Å². The predicted molar refractivity (Wildman–Crippen MR) is 40.8 cm³/mol. The van der Waals surface area contributed by atoms with Crippen LogP contribution in [0, 0.1) is 18.3 Å². The van der Waals surface area contributed by atoms with E-state index in [0.29, 0.717) is 11.8 Å². The topological polar surface area (TPSA) is 26.3 Å². The quantitative estimate of drug-likeness (QED) is 0.319. The van der Waals surface area contributed by atoms with Crippen molar-refractivity contribution < 1.29 is 77.7 Å². The fraction of sp³-hybridized carbons (Fsp3) is 0.778. The van der Waals surface area contributed by atoms with Crippen molar-refractivity contribution in [3.63, 3.8) is 0 Å². The molecule has 2 nitrogen and oxygen atoms in total. The summed E-state index contributed by atoms with van der Waals surface area (Å²) in [6.45, 7) is 0. The molecule has 0 N–H and O–H groups in total. The zero-order valence-corrected chi connectivity index (χ0v) is 15.8. The molecule has 2 saturated carbocycles. The van der Waals surface area contributed by atoms with E-state index in [-0.39, 0.29) is 65.5 Å². The first-order valence-corrected chi connectivity index (χ1v) is 4.55.